The Morgan fingerprint density at radius 2 is 1.94 bits per heavy atom. The molecule has 1 aliphatic carbocycles. The first-order valence-electron chi connectivity index (χ1n) is 11.9. The van der Waals surface area contributed by atoms with Crippen LogP contribution in [0, 0.1) is 0 Å². The van der Waals surface area contributed by atoms with E-state index in [-0.39, 0.29) is 5.97 Å². The van der Waals surface area contributed by atoms with Crippen molar-refractivity contribution in [3.05, 3.63) is 38.5 Å². The lowest BCUT2D eigenvalue weighted by atomic mass is 9.82. The van der Waals surface area contributed by atoms with Crippen molar-refractivity contribution in [2.24, 2.45) is 0 Å². The highest BCUT2D eigenvalue weighted by atomic mass is 79.9. The number of H-pyrrole nitrogens is 1. The number of aromatic amines is 1. The number of methoxy groups -OCH3 is 1. The molecule has 2 heterocycles. The Morgan fingerprint density at radius 1 is 1.21 bits per heavy atom. The van der Waals surface area contributed by atoms with Crippen LogP contribution in [0.1, 0.15) is 53.9 Å². The van der Waals surface area contributed by atoms with Crippen LogP contribution < -0.4 is 0 Å². The van der Waals surface area contributed by atoms with E-state index in [4.69, 9.17) is 14.5 Å². The Kier molecular flexibility index (Phi) is 8.06. The molecule has 4 rings (SSSR count). The molecule has 1 aromatic carbocycles. The van der Waals surface area contributed by atoms with Gasteiger partial charge in [-0.1, -0.05) is 45.0 Å². The molecule has 3 aromatic rings. The van der Waals surface area contributed by atoms with Gasteiger partial charge in [0, 0.05) is 25.6 Å². The van der Waals surface area contributed by atoms with Crippen molar-refractivity contribution in [3.63, 3.8) is 0 Å². The molecule has 0 saturated heterocycles. The average Bonchev–Trinajstić information content (AvgIpc) is 3.33. The zero-order valence-electron chi connectivity index (χ0n) is 20.3. The van der Waals surface area contributed by atoms with Gasteiger partial charge in [0.2, 0.25) is 0 Å². The zero-order valence-corrected chi connectivity index (χ0v) is 24.5. The fraction of sp³-hybridized carbons (Fsp3) is 0.520. The maximum atomic E-state index is 12.2. The van der Waals surface area contributed by atoms with Gasteiger partial charge in [-0.3, -0.25) is 4.57 Å². The molecule has 0 atom stereocenters. The molecule has 1 N–H and O–H groups in total. The number of aromatic nitrogens is 3. The van der Waals surface area contributed by atoms with Crippen LogP contribution in [-0.2, 0) is 16.2 Å². The molecule has 0 aliphatic heterocycles. The van der Waals surface area contributed by atoms with Crippen molar-refractivity contribution in [1.29, 1.82) is 0 Å². The number of nitrogens with zero attached hydrogens (tertiary/aromatic N) is 2. The largest absolute Gasteiger partial charge is 0.465 e. The Bertz CT molecular complexity index is 1180. The first-order chi connectivity index (χ1) is 16.2. The Hall–Kier alpha value is -1.42. The summed E-state index contributed by atoms with van der Waals surface area (Å²) < 4.78 is 14.7. The molecule has 34 heavy (non-hydrogen) atoms. The number of benzene rings is 1. The highest BCUT2D eigenvalue weighted by Gasteiger charge is 2.28. The van der Waals surface area contributed by atoms with E-state index in [1.54, 1.807) is 0 Å². The second-order valence-corrected chi connectivity index (χ2v) is 17.4. The molecule has 0 spiro atoms. The molecular formula is C25H33Br2N3O3Si. The molecule has 1 aliphatic rings. The van der Waals surface area contributed by atoms with Gasteiger partial charge >= 0.3 is 5.97 Å². The first kappa shape index (κ1) is 25.7. The normalized spacial score (nSPS) is 15.2. The first-order valence-corrected chi connectivity index (χ1v) is 17.2. The molecule has 0 amide bonds. The smallest absolute Gasteiger partial charge is 0.337 e. The summed E-state index contributed by atoms with van der Waals surface area (Å²) in [6.45, 7) is 8.23. The number of nitrogens with one attached hydrogen (secondary N) is 1. The van der Waals surface area contributed by atoms with Crippen LogP contribution in [0.2, 0.25) is 25.7 Å². The minimum absolute atomic E-state index is 0.333. The number of carbonyl (C=O) groups is 1. The third-order valence-electron chi connectivity index (χ3n) is 6.58. The Balaban J connectivity index is 1.78. The van der Waals surface area contributed by atoms with E-state index in [9.17, 15) is 4.79 Å². The molecule has 1 saturated carbocycles. The minimum atomic E-state index is -1.17. The van der Waals surface area contributed by atoms with Gasteiger partial charge in [-0.15, -0.1) is 0 Å². The van der Waals surface area contributed by atoms with Crippen LogP contribution in [0.25, 0.3) is 22.4 Å². The van der Waals surface area contributed by atoms with Crippen molar-refractivity contribution >= 4 is 56.8 Å². The van der Waals surface area contributed by atoms with Crippen LogP contribution in [-0.4, -0.2) is 42.3 Å². The highest BCUT2D eigenvalue weighted by Crippen LogP contribution is 2.43. The number of ether oxygens (including phenoxy) is 2. The topological polar surface area (TPSA) is 69.1 Å². The van der Waals surface area contributed by atoms with E-state index in [0.717, 1.165) is 57.1 Å². The number of hydrogen-bond acceptors (Lipinski definition) is 4. The molecule has 6 nitrogen and oxygen atoms in total. The predicted molar refractivity (Wildman–Crippen MR) is 146 cm³/mol. The van der Waals surface area contributed by atoms with Gasteiger partial charge in [0.25, 0.3) is 0 Å². The fourth-order valence-electron chi connectivity index (χ4n) is 4.70. The highest BCUT2D eigenvalue weighted by molar-refractivity contribution is 9.13. The molecule has 184 valence electrons. The third kappa shape index (κ3) is 5.53. The van der Waals surface area contributed by atoms with Crippen LogP contribution >= 0.6 is 31.9 Å². The molecular weight excluding hydrogens is 578 g/mol. The lowest BCUT2D eigenvalue weighted by molar-refractivity contribution is 0.0601. The molecule has 1 fully saturated rings. The molecule has 0 bridgehead atoms. The van der Waals surface area contributed by atoms with Crippen molar-refractivity contribution in [2.75, 3.05) is 13.7 Å². The maximum Gasteiger partial charge on any atom is 0.337 e. The summed E-state index contributed by atoms with van der Waals surface area (Å²) >= 11 is 7.31. The average molecular weight is 611 g/mol. The van der Waals surface area contributed by atoms with Crippen LogP contribution in [0.5, 0.6) is 0 Å². The van der Waals surface area contributed by atoms with Gasteiger partial charge in [0.1, 0.15) is 15.9 Å². The van der Waals surface area contributed by atoms with E-state index in [1.165, 1.54) is 31.9 Å². The lowest BCUT2D eigenvalue weighted by Gasteiger charge is -2.23. The van der Waals surface area contributed by atoms with Crippen molar-refractivity contribution < 1.29 is 14.3 Å². The minimum Gasteiger partial charge on any atom is -0.465 e. The Labute approximate surface area is 219 Å². The van der Waals surface area contributed by atoms with E-state index < -0.39 is 8.07 Å². The summed E-state index contributed by atoms with van der Waals surface area (Å²) in [6.07, 6.45) is 6.08. The van der Waals surface area contributed by atoms with E-state index in [1.807, 2.05) is 18.2 Å². The number of fused-ring (bicyclic) bond motifs is 1. The SMILES string of the molecule is COC(=O)c1ccc2c(C3CCCCC3)c(-c3nc(Br)c(Br)n3COCC[Si](C)(C)C)[nH]c2c1. The Morgan fingerprint density at radius 3 is 2.62 bits per heavy atom. The molecule has 9 heteroatoms. The van der Waals surface area contributed by atoms with Crippen LogP contribution in [0.3, 0.4) is 0 Å². The number of imidazole rings is 1. The summed E-state index contributed by atoms with van der Waals surface area (Å²) in [6, 6.07) is 6.91. The molecule has 0 unspecified atom stereocenters. The molecule has 0 radical (unpaired) electrons. The lowest BCUT2D eigenvalue weighted by Crippen LogP contribution is -2.22. The van der Waals surface area contributed by atoms with E-state index >= 15 is 0 Å². The summed E-state index contributed by atoms with van der Waals surface area (Å²) in [4.78, 5) is 20.6. The summed E-state index contributed by atoms with van der Waals surface area (Å²) in [5, 5.41) is 1.15. The number of rotatable bonds is 8. The third-order valence-corrected chi connectivity index (χ3v) is 10.2. The van der Waals surface area contributed by atoms with Crippen molar-refractivity contribution in [1.82, 2.24) is 14.5 Å². The maximum absolute atomic E-state index is 12.2. The van der Waals surface area contributed by atoms with Crippen molar-refractivity contribution in [2.45, 2.75) is 70.4 Å². The van der Waals surface area contributed by atoms with E-state index in [0.29, 0.717) is 18.2 Å². The van der Waals surface area contributed by atoms with Gasteiger partial charge in [0.05, 0.1) is 18.4 Å². The quantitative estimate of drug-likeness (QED) is 0.161. The van der Waals surface area contributed by atoms with Gasteiger partial charge in [0.15, 0.2) is 5.82 Å². The zero-order chi connectivity index (χ0) is 24.5. The van der Waals surface area contributed by atoms with Crippen molar-refractivity contribution in [3.8, 4) is 11.5 Å². The number of carbonyl (C=O) groups excluding carboxylic acids is 1. The van der Waals surface area contributed by atoms with Crippen LogP contribution in [0.4, 0.5) is 0 Å². The fourth-order valence-corrected chi connectivity index (χ4v) is 6.20. The second kappa shape index (κ2) is 10.7. The van der Waals surface area contributed by atoms with Gasteiger partial charge in [-0.2, -0.15) is 0 Å². The number of esters is 1. The van der Waals surface area contributed by atoms with Gasteiger partial charge < -0.3 is 14.5 Å². The van der Waals surface area contributed by atoms with Crippen LogP contribution in [0.15, 0.2) is 27.4 Å². The van der Waals surface area contributed by atoms with Gasteiger partial charge in [-0.25, -0.2) is 9.78 Å². The molecule has 2 aromatic heterocycles. The van der Waals surface area contributed by atoms with E-state index in [2.05, 4.69) is 61.1 Å². The summed E-state index contributed by atoms with van der Waals surface area (Å²) in [5.41, 5.74) is 3.77. The van der Waals surface area contributed by atoms with Gasteiger partial charge in [-0.05, 0) is 74.4 Å². The number of halogens is 2. The monoisotopic (exact) mass is 609 g/mol. The second-order valence-electron chi connectivity index (χ2n) is 10.3. The number of hydrogen-bond donors (Lipinski definition) is 1. The predicted octanol–water partition coefficient (Wildman–Crippen LogP) is 7.70. The summed E-state index contributed by atoms with van der Waals surface area (Å²) in [5.74, 6) is 0.959. The summed E-state index contributed by atoms with van der Waals surface area (Å²) in [7, 11) is 0.243. The standard InChI is InChI=1S/C25H33Br2N3O3Si/c1-32-25(31)17-10-11-18-19(14-17)28-21(20(18)16-8-6-5-7-9-16)24-29-22(26)23(27)30(24)15-33-12-13-34(2,3)4/h10-11,14,16,28H,5-9,12-13,15H2,1-4H3.